The van der Waals surface area contributed by atoms with Gasteiger partial charge in [0.05, 0.1) is 4.90 Å². The number of sulfonamides is 1. The number of benzene rings is 1. The smallest absolute Gasteiger partial charge is 0.240 e. The molecule has 1 amide bonds. The maximum Gasteiger partial charge on any atom is 0.240 e. The molecule has 138 valence electrons. The molecule has 1 N–H and O–H groups in total. The van der Waals surface area contributed by atoms with E-state index in [0.717, 1.165) is 24.3 Å². The first-order valence-electron chi connectivity index (χ1n) is 8.86. The summed E-state index contributed by atoms with van der Waals surface area (Å²) in [5.41, 5.74) is 1.53. The molecular formula is C18H27N3O3S. The molecule has 0 bridgehead atoms. The monoisotopic (exact) mass is 365 g/mol. The van der Waals surface area contributed by atoms with Gasteiger partial charge in [-0.15, -0.1) is 0 Å². The Kier molecular flexibility index (Phi) is 4.92. The summed E-state index contributed by atoms with van der Waals surface area (Å²) in [6, 6.07) is 5.03. The standard InChI is InChI=1S/C18H27N3O3S/c1-14(22)21-11-8-15-12-16(6-7-17(15)21)25(23,24)19-13-18(2,3)20-9-4-5-10-20/h6-7,12,19H,4-5,8-11,13H2,1-3H3. The number of nitrogens with zero attached hydrogens (tertiary/aromatic N) is 2. The second kappa shape index (κ2) is 6.70. The van der Waals surface area contributed by atoms with Crippen LogP contribution in [0.2, 0.25) is 0 Å². The van der Waals surface area contributed by atoms with Crippen LogP contribution in [0, 0.1) is 0 Å². The van der Waals surface area contributed by atoms with Gasteiger partial charge in [-0.25, -0.2) is 13.1 Å². The predicted molar refractivity (Wildman–Crippen MR) is 98.2 cm³/mol. The molecule has 2 aliphatic rings. The number of likely N-dealkylation sites (tertiary alicyclic amines) is 1. The molecule has 0 saturated carbocycles. The highest BCUT2D eigenvalue weighted by Gasteiger charge is 2.31. The first kappa shape index (κ1) is 18.4. The Balaban J connectivity index is 1.74. The van der Waals surface area contributed by atoms with Crippen molar-refractivity contribution in [3.63, 3.8) is 0 Å². The van der Waals surface area contributed by atoms with E-state index in [-0.39, 0.29) is 16.3 Å². The lowest BCUT2D eigenvalue weighted by molar-refractivity contribution is -0.116. The summed E-state index contributed by atoms with van der Waals surface area (Å²) in [5.74, 6) is -0.0140. The maximum atomic E-state index is 12.7. The van der Waals surface area contributed by atoms with Crippen LogP contribution in [-0.2, 0) is 21.2 Å². The van der Waals surface area contributed by atoms with Crippen molar-refractivity contribution in [2.24, 2.45) is 0 Å². The van der Waals surface area contributed by atoms with Crippen molar-refractivity contribution >= 4 is 21.6 Å². The Bertz CT molecular complexity index is 768. The third kappa shape index (κ3) is 3.73. The minimum absolute atomic E-state index is 0.0140. The fourth-order valence-electron chi connectivity index (χ4n) is 3.66. The van der Waals surface area contributed by atoms with Gasteiger partial charge in [0.25, 0.3) is 0 Å². The average molecular weight is 365 g/mol. The molecule has 6 nitrogen and oxygen atoms in total. The minimum atomic E-state index is -3.56. The molecule has 25 heavy (non-hydrogen) atoms. The van der Waals surface area contributed by atoms with E-state index in [1.54, 1.807) is 23.1 Å². The van der Waals surface area contributed by atoms with Crippen molar-refractivity contribution in [3.05, 3.63) is 23.8 Å². The van der Waals surface area contributed by atoms with Gasteiger partial charge in [0.2, 0.25) is 15.9 Å². The van der Waals surface area contributed by atoms with Gasteiger partial charge < -0.3 is 4.90 Å². The largest absolute Gasteiger partial charge is 0.312 e. The molecule has 0 unspecified atom stereocenters. The summed E-state index contributed by atoms with van der Waals surface area (Å²) < 4.78 is 28.2. The Hall–Kier alpha value is -1.44. The molecule has 0 aliphatic carbocycles. The van der Waals surface area contributed by atoms with E-state index in [9.17, 15) is 13.2 Å². The summed E-state index contributed by atoms with van der Waals surface area (Å²) >= 11 is 0. The van der Waals surface area contributed by atoms with E-state index in [0.29, 0.717) is 19.5 Å². The quantitative estimate of drug-likeness (QED) is 0.863. The topological polar surface area (TPSA) is 69.7 Å². The normalized spacial score (nSPS) is 18.6. The van der Waals surface area contributed by atoms with Gasteiger partial charge in [-0.3, -0.25) is 9.69 Å². The second-order valence-corrected chi connectivity index (χ2v) is 9.31. The van der Waals surface area contributed by atoms with Gasteiger partial charge in [0.1, 0.15) is 0 Å². The minimum Gasteiger partial charge on any atom is -0.312 e. The highest BCUT2D eigenvalue weighted by atomic mass is 32.2. The van der Waals surface area contributed by atoms with Gasteiger partial charge in [0, 0.05) is 31.2 Å². The number of fused-ring (bicyclic) bond motifs is 1. The molecule has 1 fully saturated rings. The number of hydrogen-bond donors (Lipinski definition) is 1. The molecule has 7 heteroatoms. The number of rotatable bonds is 5. The number of nitrogens with one attached hydrogen (secondary N) is 1. The highest BCUT2D eigenvalue weighted by molar-refractivity contribution is 7.89. The van der Waals surface area contributed by atoms with E-state index in [4.69, 9.17) is 0 Å². The van der Waals surface area contributed by atoms with Crippen LogP contribution >= 0.6 is 0 Å². The van der Waals surface area contributed by atoms with Gasteiger partial charge in [0.15, 0.2) is 0 Å². The lowest BCUT2D eigenvalue weighted by atomic mass is 10.0. The molecule has 2 heterocycles. The van der Waals surface area contributed by atoms with Crippen LogP contribution in [0.15, 0.2) is 23.1 Å². The van der Waals surface area contributed by atoms with E-state index < -0.39 is 10.0 Å². The SMILES string of the molecule is CC(=O)N1CCc2cc(S(=O)(=O)NCC(C)(C)N3CCCC3)ccc21. The van der Waals surface area contributed by atoms with Crippen molar-refractivity contribution in [2.75, 3.05) is 31.1 Å². The molecule has 3 rings (SSSR count). The lowest BCUT2D eigenvalue weighted by Gasteiger charge is -2.35. The van der Waals surface area contributed by atoms with E-state index in [2.05, 4.69) is 23.5 Å². The molecule has 2 aliphatic heterocycles. The Morgan fingerprint density at radius 1 is 1.20 bits per heavy atom. The zero-order valence-electron chi connectivity index (χ0n) is 15.2. The zero-order chi connectivity index (χ0) is 18.2. The van der Waals surface area contributed by atoms with Crippen LogP contribution in [0.1, 0.15) is 39.2 Å². The second-order valence-electron chi connectivity index (χ2n) is 7.54. The summed E-state index contributed by atoms with van der Waals surface area (Å²) in [6.45, 7) is 8.72. The number of anilines is 1. The van der Waals surface area contributed by atoms with Crippen LogP contribution in [-0.4, -0.2) is 50.9 Å². The van der Waals surface area contributed by atoms with Crippen LogP contribution in [0.3, 0.4) is 0 Å². The van der Waals surface area contributed by atoms with Crippen molar-refractivity contribution in [2.45, 2.75) is 50.5 Å². The molecule has 0 spiro atoms. The first-order valence-corrected chi connectivity index (χ1v) is 10.3. The highest BCUT2D eigenvalue weighted by Crippen LogP contribution is 2.30. The average Bonchev–Trinajstić information content (AvgIpc) is 3.22. The number of hydrogen-bond acceptors (Lipinski definition) is 4. The molecule has 0 aromatic heterocycles. The zero-order valence-corrected chi connectivity index (χ0v) is 16.0. The summed E-state index contributed by atoms with van der Waals surface area (Å²) in [7, 11) is -3.56. The Labute approximate surface area is 150 Å². The van der Waals surface area contributed by atoms with Crippen molar-refractivity contribution in [1.29, 1.82) is 0 Å². The van der Waals surface area contributed by atoms with Crippen molar-refractivity contribution in [3.8, 4) is 0 Å². The third-order valence-corrected chi connectivity index (χ3v) is 6.69. The van der Waals surface area contributed by atoms with Gasteiger partial charge in [-0.1, -0.05) is 0 Å². The molecule has 1 saturated heterocycles. The number of carbonyl (C=O) groups is 1. The third-order valence-electron chi connectivity index (χ3n) is 5.29. The van der Waals surface area contributed by atoms with Crippen LogP contribution in [0.4, 0.5) is 5.69 Å². The summed E-state index contributed by atoms with van der Waals surface area (Å²) in [4.78, 5) is 15.9. The van der Waals surface area contributed by atoms with E-state index in [1.807, 2.05) is 0 Å². The van der Waals surface area contributed by atoms with E-state index >= 15 is 0 Å². The van der Waals surface area contributed by atoms with Gasteiger partial charge in [-0.2, -0.15) is 0 Å². The summed E-state index contributed by atoms with van der Waals surface area (Å²) in [5, 5.41) is 0. The predicted octanol–water partition coefficient (Wildman–Crippen LogP) is 1.75. The Morgan fingerprint density at radius 3 is 2.52 bits per heavy atom. The van der Waals surface area contributed by atoms with Crippen LogP contribution in [0.25, 0.3) is 0 Å². The van der Waals surface area contributed by atoms with Crippen LogP contribution < -0.4 is 9.62 Å². The number of carbonyl (C=O) groups excluding carboxylic acids is 1. The van der Waals surface area contributed by atoms with Crippen molar-refractivity contribution < 1.29 is 13.2 Å². The molecular weight excluding hydrogens is 338 g/mol. The van der Waals surface area contributed by atoms with Gasteiger partial charge in [-0.05, 0) is 70.0 Å². The number of amides is 1. The van der Waals surface area contributed by atoms with Crippen LogP contribution in [0.5, 0.6) is 0 Å². The van der Waals surface area contributed by atoms with Gasteiger partial charge >= 0.3 is 0 Å². The lowest BCUT2D eigenvalue weighted by Crippen LogP contribution is -2.50. The molecule has 0 atom stereocenters. The summed E-state index contributed by atoms with van der Waals surface area (Å²) in [6.07, 6.45) is 3.04. The Morgan fingerprint density at radius 2 is 1.88 bits per heavy atom. The molecule has 0 radical (unpaired) electrons. The van der Waals surface area contributed by atoms with Crippen molar-refractivity contribution in [1.82, 2.24) is 9.62 Å². The maximum absolute atomic E-state index is 12.7. The molecule has 1 aromatic carbocycles. The fraction of sp³-hybridized carbons (Fsp3) is 0.611. The van der Waals surface area contributed by atoms with E-state index in [1.165, 1.54) is 19.8 Å². The fourth-order valence-corrected chi connectivity index (χ4v) is 4.92. The molecule has 1 aromatic rings. The first-order chi connectivity index (χ1) is 11.7.